The van der Waals surface area contributed by atoms with Crippen molar-refractivity contribution in [3.63, 3.8) is 0 Å². The minimum absolute atomic E-state index is 0.167. The molecule has 0 aromatic carbocycles. The molecule has 2 aliphatic carbocycles. The summed E-state index contributed by atoms with van der Waals surface area (Å²) in [5.74, 6) is 0.333. The highest BCUT2D eigenvalue weighted by atomic mass is 16.4. The minimum Gasteiger partial charge on any atom is -0.387 e. The van der Waals surface area contributed by atoms with Crippen molar-refractivity contribution in [1.82, 2.24) is 0 Å². The maximum atomic E-state index is 9.44. The Labute approximate surface area is 184 Å². The summed E-state index contributed by atoms with van der Waals surface area (Å²) in [6, 6.07) is 0. The molecule has 14 nitrogen and oxygen atoms in total. The molecule has 32 heavy (non-hydrogen) atoms. The van der Waals surface area contributed by atoms with Crippen LogP contribution < -0.4 is 0 Å². The quantitative estimate of drug-likeness (QED) is 0.155. The van der Waals surface area contributed by atoms with Crippen molar-refractivity contribution < 1.29 is 70.9 Å². The summed E-state index contributed by atoms with van der Waals surface area (Å²) >= 11 is 0. The van der Waals surface area contributed by atoms with Gasteiger partial charge in [-0.05, 0) is 27.7 Å². The van der Waals surface area contributed by atoms with Gasteiger partial charge in [0.15, 0.2) is 0 Å². The van der Waals surface area contributed by atoms with Gasteiger partial charge in [-0.1, -0.05) is 0 Å². The predicted molar refractivity (Wildman–Crippen MR) is 105 cm³/mol. The van der Waals surface area contributed by atoms with Gasteiger partial charge in [0.05, 0.1) is 0 Å². The lowest BCUT2D eigenvalue weighted by Gasteiger charge is -2.39. The monoisotopic (exact) mass is 476 g/mol. The van der Waals surface area contributed by atoms with Gasteiger partial charge in [-0.25, -0.2) is 0 Å². The highest BCUT2D eigenvalue weighted by Crippen LogP contribution is 2.21. The van der Waals surface area contributed by atoms with E-state index in [1.165, 1.54) is 27.7 Å². The molecule has 12 N–H and O–H groups in total. The number of carbonyl (C=O) groups excluding carboxylic acids is 2. The van der Waals surface area contributed by atoms with Gasteiger partial charge >= 0.3 is 0 Å². The molecule has 14 heteroatoms. The molecule has 0 saturated heterocycles. The van der Waals surface area contributed by atoms with Gasteiger partial charge in [0.1, 0.15) is 84.8 Å². The second-order valence-electron chi connectivity index (χ2n) is 7.70. The zero-order valence-corrected chi connectivity index (χ0v) is 18.1. The van der Waals surface area contributed by atoms with Crippen LogP contribution in [0.15, 0.2) is 0 Å². The molecule has 0 atom stereocenters. The van der Waals surface area contributed by atoms with Crippen LogP contribution in [0.25, 0.3) is 0 Å². The Morgan fingerprint density at radius 2 is 0.344 bits per heavy atom. The van der Waals surface area contributed by atoms with E-state index in [1.807, 2.05) is 0 Å². The Morgan fingerprint density at radius 3 is 0.375 bits per heavy atom. The van der Waals surface area contributed by atoms with Crippen molar-refractivity contribution in [3.05, 3.63) is 0 Å². The average molecular weight is 476 g/mol. The number of Topliss-reactive ketones (excluding diaryl/α,β-unsaturated/α-hetero) is 2. The van der Waals surface area contributed by atoms with E-state index in [4.69, 9.17) is 61.3 Å². The Morgan fingerprint density at radius 1 is 0.312 bits per heavy atom. The van der Waals surface area contributed by atoms with E-state index in [1.54, 1.807) is 0 Å². The highest BCUT2D eigenvalue weighted by molar-refractivity contribution is 5.72. The van der Waals surface area contributed by atoms with Gasteiger partial charge in [-0.3, -0.25) is 0 Å². The van der Waals surface area contributed by atoms with Crippen LogP contribution >= 0.6 is 0 Å². The van der Waals surface area contributed by atoms with Crippen molar-refractivity contribution in [3.8, 4) is 0 Å². The minimum atomic E-state index is -1.64. The number of aliphatic hydroxyl groups excluding tert-OH is 12. The van der Waals surface area contributed by atoms with Gasteiger partial charge in [0.2, 0.25) is 0 Å². The molecular weight excluding hydrogens is 440 g/mol. The van der Waals surface area contributed by atoms with Crippen LogP contribution in [0.1, 0.15) is 27.7 Å². The number of hydrogen-bond acceptors (Lipinski definition) is 14. The lowest BCUT2D eigenvalue weighted by atomic mass is 9.85. The molecule has 2 fully saturated rings. The fourth-order valence-corrected chi connectivity index (χ4v) is 2.42. The summed E-state index contributed by atoms with van der Waals surface area (Å²) < 4.78 is 0. The van der Waals surface area contributed by atoms with Crippen molar-refractivity contribution in [2.24, 2.45) is 0 Å². The fraction of sp³-hybridized carbons (Fsp3) is 0.889. The first-order valence-electron chi connectivity index (χ1n) is 9.51. The van der Waals surface area contributed by atoms with Crippen LogP contribution in [0.2, 0.25) is 0 Å². The van der Waals surface area contributed by atoms with Crippen molar-refractivity contribution >= 4 is 11.6 Å². The number of aliphatic hydroxyl groups is 12. The maximum absolute atomic E-state index is 9.44. The molecule has 0 spiro atoms. The number of ketones is 2. The first kappa shape index (κ1) is 33.0. The van der Waals surface area contributed by atoms with Crippen molar-refractivity contribution in [2.75, 3.05) is 0 Å². The lowest BCUT2D eigenvalue weighted by molar-refractivity contribution is -0.223. The number of carbonyl (C=O) groups is 2. The standard InChI is InChI=1S/2C6H12O6.2C3H6O/c2*7-1-2(8)4(10)6(12)5(11)3(1)9;2*1-3(2)4/h2*1-12H;2*1-2H3/t2*1-,2-,3-,4+,5-,6-;;. The van der Waals surface area contributed by atoms with Gasteiger partial charge in [0.25, 0.3) is 0 Å². The van der Waals surface area contributed by atoms with Crippen LogP contribution in [0.4, 0.5) is 0 Å². The van der Waals surface area contributed by atoms with E-state index in [0.717, 1.165) is 0 Å². The predicted octanol–water partition coefficient (Wildman–Crippen LogP) is -6.48. The Hall–Kier alpha value is -1.14. The van der Waals surface area contributed by atoms with Gasteiger partial charge in [-0.15, -0.1) is 0 Å². The maximum Gasteiger partial charge on any atom is 0.126 e. The van der Waals surface area contributed by atoms with Crippen LogP contribution in [0, 0.1) is 0 Å². The number of rotatable bonds is 0. The van der Waals surface area contributed by atoms with E-state index < -0.39 is 73.2 Å². The first-order chi connectivity index (χ1) is 14.4. The summed E-state index contributed by atoms with van der Waals surface area (Å²) in [7, 11) is 0. The molecule has 0 aromatic rings. The van der Waals surface area contributed by atoms with Crippen molar-refractivity contribution in [2.45, 2.75) is 101 Å². The summed E-state index contributed by atoms with van der Waals surface area (Å²) in [6.45, 7) is 6.11. The Balaban J connectivity index is 0. The van der Waals surface area contributed by atoms with Gasteiger partial charge in [-0.2, -0.15) is 0 Å². The normalized spacial score (nSPS) is 43.2. The zero-order chi connectivity index (χ0) is 26.1. The van der Waals surface area contributed by atoms with E-state index in [-0.39, 0.29) is 11.6 Å². The van der Waals surface area contributed by atoms with Crippen LogP contribution in [0.5, 0.6) is 0 Å². The summed E-state index contributed by atoms with van der Waals surface area (Å²) in [4.78, 5) is 18.9. The third-order valence-electron chi connectivity index (χ3n) is 4.20. The summed E-state index contributed by atoms with van der Waals surface area (Å²) in [6.07, 6.45) is -19.7. The highest BCUT2D eigenvalue weighted by Gasteiger charge is 2.48. The second kappa shape index (κ2) is 14.9. The molecule has 2 aliphatic rings. The largest absolute Gasteiger partial charge is 0.387 e. The molecule has 0 radical (unpaired) electrons. The average Bonchev–Trinajstić information content (AvgIpc) is 2.70. The van der Waals surface area contributed by atoms with E-state index in [2.05, 4.69) is 0 Å². The van der Waals surface area contributed by atoms with E-state index >= 15 is 0 Å². The van der Waals surface area contributed by atoms with E-state index in [9.17, 15) is 9.59 Å². The molecular formula is C18H36O14. The lowest BCUT2D eigenvalue weighted by Crippen LogP contribution is -2.63. The summed E-state index contributed by atoms with van der Waals surface area (Å²) in [5, 5.41) is 108. The molecule has 0 bridgehead atoms. The molecule has 0 unspecified atom stereocenters. The Bertz CT molecular complexity index is 387. The fourth-order valence-electron chi connectivity index (χ4n) is 2.42. The van der Waals surface area contributed by atoms with Crippen LogP contribution in [0.3, 0.4) is 0 Å². The molecule has 0 aliphatic heterocycles. The molecule has 0 heterocycles. The smallest absolute Gasteiger partial charge is 0.126 e. The SMILES string of the molecule is CC(C)=O.CC(C)=O.O[C@H]1[C@H](O)[C@@H](O)[C@H](O)[C@@H](O)[C@H]1O.O[C@H]1[C@H](O)[C@@H](O)[C@H](O)[C@@H](O)[C@H]1O. The molecule has 192 valence electrons. The Kier molecular flexibility index (Phi) is 15.4. The van der Waals surface area contributed by atoms with Gasteiger partial charge < -0.3 is 70.9 Å². The van der Waals surface area contributed by atoms with Crippen LogP contribution in [-0.2, 0) is 9.59 Å². The molecule has 2 saturated carbocycles. The third-order valence-corrected chi connectivity index (χ3v) is 4.20. The third kappa shape index (κ3) is 10.2. The second-order valence-corrected chi connectivity index (χ2v) is 7.70. The zero-order valence-electron chi connectivity index (χ0n) is 18.1. The van der Waals surface area contributed by atoms with E-state index in [0.29, 0.717) is 0 Å². The first-order valence-corrected chi connectivity index (χ1v) is 9.51. The summed E-state index contributed by atoms with van der Waals surface area (Å²) in [5.41, 5.74) is 0. The van der Waals surface area contributed by atoms with Crippen LogP contribution in [-0.4, -0.2) is 146 Å². The number of hydrogen-bond donors (Lipinski definition) is 12. The molecule has 0 aromatic heterocycles. The van der Waals surface area contributed by atoms with Crippen molar-refractivity contribution in [1.29, 1.82) is 0 Å². The topological polar surface area (TPSA) is 277 Å². The van der Waals surface area contributed by atoms with Gasteiger partial charge in [0, 0.05) is 0 Å². The molecule has 2 rings (SSSR count). The molecule has 0 amide bonds.